The molecule has 2 aromatic carbocycles. The molecule has 0 aliphatic heterocycles. The Balaban J connectivity index is 1.90. The smallest absolute Gasteiger partial charge is 0.317 e. The first-order valence-electron chi connectivity index (χ1n) is 6.52. The van der Waals surface area contributed by atoms with E-state index in [0.717, 1.165) is 11.1 Å². The Hall–Kier alpha value is -2.66. The van der Waals surface area contributed by atoms with Crippen LogP contribution in [0.5, 0.6) is 0 Å². The summed E-state index contributed by atoms with van der Waals surface area (Å²) in [6.07, 6.45) is 1.43. The van der Waals surface area contributed by atoms with Crippen molar-refractivity contribution < 1.29 is 9.59 Å². The quantitative estimate of drug-likeness (QED) is 0.519. The van der Waals surface area contributed by atoms with Crippen LogP contribution < -0.4 is 10.7 Å². The number of para-hydroxylation sites is 1. The second-order valence-corrected chi connectivity index (χ2v) is 4.96. The number of carbonyl (C=O) groups excluding carboxylic acids is 2. The number of benzene rings is 2. The average molecular weight is 316 g/mol. The summed E-state index contributed by atoms with van der Waals surface area (Å²) in [5, 5.41) is 6.86. The molecule has 0 spiro atoms. The highest BCUT2D eigenvalue weighted by Gasteiger charge is 2.13. The molecular weight excluding hydrogens is 302 g/mol. The molecule has 2 N–H and O–H groups in total. The number of nitrogens with zero attached hydrogens (tertiary/aromatic N) is 1. The lowest BCUT2D eigenvalue weighted by Crippen LogP contribution is -2.32. The van der Waals surface area contributed by atoms with E-state index in [2.05, 4.69) is 15.8 Å². The number of hydrazone groups is 1. The van der Waals surface area contributed by atoms with Crippen molar-refractivity contribution >= 4 is 35.3 Å². The first kappa shape index (κ1) is 15.7. The molecule has 2 rings (SSSR count). The Morgan fingerprint density at radius 3 is 2.41 bits per heavy atom. The predicted octanol–water partition coefficient (Wildman–Crippen LogP) is 2.74. The summed E-state index contributed by atoms with van der Waals surface area (Å²) >= 11 is 5.76. The summed E-state index contributed by atoms with van der Waals surface area (Å²) in [5.74, 6) is -1.61. The van der Waals surface area contributed by atoms with Crippen LogP contribution in [0.3, 0.4) is 0 Å². The number of carbonyl (C=O) groups is 2. The van der Waals surface area contributed by atoms with Crippen molar-refractivity contribution in [1.29, 1.82) is 0 Å². The van der Waals surface area contributed by atoms with E-state index in [4.69, 9.17) is 11.6 Å². The summed E-state index contributed by atoms with van der Waals surface area (Å²) in [7, 11) is 0. The Morgan fingerprint density at radius 1 is 1.05 bits per heavy atom. The van der Waals surface area contributed by atoms with Gasteiger partial charge in [-0.15, -0.1) is 0 Å². The SMILES string of the molecule is Cc1ccccc1NC(=O)C(=O)N/N=C/c1ccc(Cl)cc1. The topological polar surface area (TPSA) is 70.6 Å². The van der Waals surface area contributed by atoms with Crippen LogP contribution in [0, 0.1) is 6.92 Å². The van der Waals surface area contributed by atoms with Crippen molar-refractivity contribution in [3.8, 4) is 0 Å². The normalized spacial score (nSPS) is 10.5. The van der Waals surface area contributed by atoms with Crippen molar-refractivity contribution in [3.63, 3.8) is 0 Å². The number of hydrogen-bond donors (Lipinski definition) is 2. The van der Waals surface area contributed by atoms with E-state index >= 15 is 0 Å². The van der Waals surface area contributed by atoms with Gasteiger partial charge < -0.3 is 5.32 Å². The summed E-state index contributed by atoms with van der Waals surface area (Å²) < 4.78 is 0. The molecule has 22 heavy (non-hydrogen) atoms. The van der Waals surface area contributed by atoms with Crippen LogP contribution in [0.15, 0.2) is 53.6 Å². The van der Waals surface area contributed by atoms with E-state index in [1.165, 1.54) is 6.21 Å². The van der Waals surface area contributed by atoms with E-state index in [9.17, 15) is 9.59 Å². The van der Waals surface area contributed by atoms with Gasteiger partial charge in [0.1, 0.15) is 0 Å². The molecular formula is C16H14ClN3O2. The monoisotopic (exact) mass is 315 g/mol. The fourth-order valence-electron chi connectivity index (χ4n) is 1.66. The second-order valence-electron chi connectivity index (χ2n) is 4.52. The minimum absolute atomic E-state index is 0.587. The zero-order chi connectivity index (χ0) is 15.9. The van der Waals surface area contributed by atoms with Crippen molar-refractivity contribution in [2.75, 3.05) is 5.32 Å². The van der Waals surface area contributed by atoms with Crippen LogP contribution in [0.4, 0.5) is 5.69 Å². The van der Waals surface area contributed by atoms with Gasteiger partial charge in [0.15, 0.2) is 0 Å². The zero-order valence-electron chi connectivity index (χ0n) is 11.8. The molecule has 112 valence electrons. The van der Waals surface area contributed by atoms with E-state index in [1.807, 2.05) is 19.1 Å². The van der Waals surface area contributed by atoms with Gasteiger partial charge in [-0.3, -0.25) is 9.59 Å². The largest absolute Gasteiger partial charge is 0.329 e. The highest BCUT2D eigenvalue weighted by Crippen LogP contribution is 2.12. The maximum absolute atomic E-state index is 11.7. The maximum atomic E-state index is 11.7. The lowest BCUT2D eigenvalue weighted by atomic mass is 10.2. The van der Waals surface area contributed by atoms with Crippen LogP contribution >= 0.6 is 11.6 Å². The molecule has 0 atom stereocenters. The zero-order valence-corrected chi connectivity index (χ0v) is 12.6. The van der Waals surface area contributed by atoms with Crippen LogP contribution in [-0.2, 0) is 9.59 Å². The van der Waals surface area contributed by atoms with Gasteiger partial charge in [-0.1, -0.05) is 41.9 Å². The lowest BCUT2D eigenvalue weighted by Gasteiger charge is -2.06. The average Bonchev–Trinajstić information content (AvgIpc) is 2.51. The molecule has 0 saturated heterocycles. The molecule has 0 aliphatic rings. The van der Waals surface area contributed by atoms with Crippen molar-refractivity contribution in [2.24, 2.45) is 5.10 Å². The maximum Gasteiger partial charge on any atom is 0.329 e. The third kappa shape index (κ3) is 4.43. The molecule has 2 aromatic rings. The number of nitrogens with one attached hydrogen (secondary N) is 2. The summed E-state index contributed by atoms with van der Waals surface area (Å²) in [4.78, 5) is 23.4. The number of rotatable bonds is 3. The second kappa shape index (κ2) is 7.38. The first-order chi connectivity index (χ1) is 10.6. The third-order valence-corrected chi connectivity index (χ3v) is 3.10. The Kier molecular flexibility index (Phi) is 5.27. The molecule has 0 aliphatic carbocycles. The molecule has 0 bridgehead atoms. The summed E-state index contributed by atoms with van der Waals surface area (Å²) in [5.41, 5.74) is 4.38. The standard InChI is InChI=1S/C16H14ClN3O2/c1-11-4-2-3-5-14(11)19-15(21)16(22)20-18-10-12-6-8-13(17)9-7-12/h2-10H,1H3,(H,19,21)(H,20,22)/b18-10+. The van der Waals surface area contributed by atoms with Crippen LogP contribution in [0.2, 0.25) is 5.02 Å². The minimum Gasteiger partial charge on any atom is -0.317 e. The number of anilines is 1. The van der Waals surface area contributed by atoms with E-state index in [-0.39, 0.29) is 0 Å². The van der Waals surface area contributed by atoms with Crippen molar-refractivity contribution in [2.45, 2.75) is 6.92 Å². The third-order valence-electron chi connectivity index (χ3n) is 2.85. The van der Waals surface area contributed by atoms with Gasteiger partial charge in [-0.2, -0.15) is 5.10 Å². The van der Waals surface area contributed by atoms with Crippen LogP contribution in [0.1, 0.15) is 11.1 Å². The summed E-state index contributed by atoms with van der Waals surface area (Å²) in [6, 6.07) is 14.1. The molecule has 0 heterocycles. The number of halogens is 1. The number of amides is 2. The fraction of sp³-hybridized carbons (Fsp3) is 0.0625. The molecule has 0 unspecified atom stereocenters. The van der Waals surface area contributed by atoms with Gasteiger partial charge in [0.25, 0.3) is 0 Å². The molecule has 0 aromatic heterocycles. The Bertz CT molecular complexity index is 712. The number of hydrogen-bond acceptors (Lipinski definition) is 3. The minimum atomic E-state index is -0.839. The molecule has 0 fully saturated rings. The first-order valence-corrected chi connectivity index (χ1v) is 6.89. The summed E-state index contributed by atoms with van der Waals surface area (Å²) in [6.45, 7) is 1.84. The van der Waals surface area contributed by atoms with Crippen molar-refractivity contribution in [1.82, 2.24) is 5.43 Å². The molecule has 2 amide bonds. The van der Waals surface area contributed by atoms with Crippen LogP contribution in [-0.4, -0.2) is 18.0 Å². The van der Waals surface area contributed by atoms with Gasteiger partial charge in [0.05, 0.1) is 6.21 Å². The van der Waals surface area contributed by atoms with Gasteiger partial charge in [-0.05, 0) is 36.2 Å². The molecule has 0 saturated carbocycles. The Labute approximate surface area is 133 Å². The molecule has 0 radical (unpaired) electrons. The van der Waals surface area contributed by atoms with Gasteiger partial charge in [0.2, 0.25) is 0 Å². The van der Waals surface area contributed by atoms with E-state index < -0.39 is 11.8 Å². The Morgan fingerprint density at radius 2 is 1.73 bits per heavy atom. The van der Waals surface area contributed by atoms with Gasteiger partial charge in [0, 0.05) is 10.7 Å². The van der Waals surface area contributed by atoms with Gasteiger partial charge in [-0.25, -0.2) is 5.43 Å². The fourth-order valence-corrected chi connectivity index (χ4v) is 1.78. The van der Waals surface area contributed by atoms with Crippen LogP contribution in [0.25, 0.3) is 0 Å². The van der Waals surface area contributed by atoms with E-state index in [0.29, 0.717) is 10.7 Å². The highest BCUT2D eigenvalue weighted by atomic mass is 35.5. The lowest BCUT2D eigenvalue weighted by molar-refractivity contribution is -0.136. The predicted molar refractivity (Wildman–Crippen MR) is 87.0 cm³/mol. The van der Waals surface area contributed by atoms with E-state index in [1.54, 1.807) is 36.4 Å². The molecule has 6 heteroatoms. The number of aryl methyl sites for hydroxylation is 1. The van der Waals surface area contributed by atoms with Gasteiger partial charge >= 0.3 is 11.8 Å². The highest BCUT2D eigenvalue weighted by molar-refractivity contribution is 6.39. The molecule has 5 nitrogen and oxygen atoms in total. The van der Waals surface area contributed by atoms with Crippen molar-refractivity contribution in [3.05, 3.63) is 64.7 Å².